The average molecular weight is 331 g/mol. The number of aromatic nitrogens is 2. The van der Waals surface area contributed by atoms with Crippen molar-refractivity contribution in [1.82, 2.24) is 15.5 Å². The molecular weight excluding hydrogens is 310 g/mol. The molecule has 0 unspecified atom stereocenters. The van der Waals surface area contributed by atoms with E-state index >= 15 is 0 Å². The highest BCUT2D eigenvalue weighted by atomic mass is 32.1. The minimum Gasteiger partial charge on any atom is -0.421 e. The topological polar surface area (TPSA) is 68.0 Å². The van der Waals surface area contributed by atoms with E-state index < -0.39 is 0 Å². The van der Waals surface area contributed by atoms with E-state index in [0.29, 0.717) is 31.2 Å². The first-order chi connectivity index (χ1) is 11.3. The Morgan fingerprint density at radius 3 is 3.04 bits per heavy atom. The van der Waals surface area contributed by atoms with Crippen LogP contribution in [0.5, 0.6) is 0 Å². The number of amides is 1. The van der Waals surface area contributed by atoms with Gasteiger partial charge in [-0.05, 0) is 43.6 Å². The van der Waals surface area contributed by atoms with Gasteiger partial charge in [0.25, 0.3) is 0 Å². The molecule has 2 heterocycles. The molecule has 0 saturated carbocycles. The second-order valence-corrected chi connectivity index (χ2v) is 6.50. The highest BCUT2D eigenvalue weighted by molar-refractivity contribution is 7.08. The molecule has 5 nitrogen and oxygen atoms in total. The van der Waals surface area contributed by atoms with Crippen LogP contribution in [-0.4, -0.2) is 22.6 Å². The Kier molecular flexibility index (Phi) is 5.58. The molecule has 1 N–H and O–H groups in total. The molecule has 0 aromatic carbocycles. The number of nitrogens with one attached hydrogen (secondary N) is 1. The summed E-state index contributed by atoms with van der Waals surface area (Å²) in [4.78, 5) is 11.9. The van der Waals surface area contributed by atoms with Gasteiger partial charge in [0.1, 0.15) is 0 Å². The smallest absolute Gasteiger partial charge is 0.248 e. The second-order valence-electron chi connectivity index (χ2n) is 5.72. The van der Waals surface area contributed by atoms with Gasteiger partial charge in [0, 0.05) is 30.3 Å². The van der Waals surface area contributed by atoms with Crippen LogP contribution in [0, 0.1) is 0 Å². The zero-order valence-corrected chi connectivity index (χ0v) is 13.9. The number of rotatable bonds is 7. The minimum atomic E-state index is 0.0386. The van der Waals surface area contributed by atoms with Gasteiger partial charge in [-0.25, -0.2) is 0 Å². The summed E-state index contributed by atoms with van der Waals surface area (Å²) in [5.41, 5.74) is 2.41. The predicted molar refractivity (Wildman–Crippen MR) is 90.1 cm³/mol. The molecule has 23 heavy (non-hydrogen) atoms. The summed E-state index contributed by atoms with van der Waals surface area (Å²) in [7, 11) is 0. The van der Waals surface area contributed by atoms with Gasteiger partial charge >= 0.3 is 0 Å². The Balaban J connectivity index is 1.38. The van der Waals surface area contributed by atoms with E-state index in [1.54, 1.807) is 11.3 Å². The second kappa shape index (κ2) is 8.06. The number of aryl methyl sites for hydroxylation is 1. The van der Waals surface area contributed by atoms with E-state index in [1.165, 1.54) is 31.3 Å². The Morgan fingerprint density at radius 2 is 2.26 bits per heavy atom. The molecule has 6 heteroatoms. The molecule has 2 aromatic rings. The SMILES string of the molecule is O=C(CCc1nnc(-c2ccsc2)o1)NCCC1=CCCCC1. The molecule has 1 aliphatic carbocycles. The van der Waals surface area contributed by atoms with Crippen LogP contribution < -0.4 is 5.32 Å². The van der Waals surface area contributed by atoms with Crippen LogP contribution >= 0.6 is 11.3 Å². The van der Waals surface area contributed by atoms with Crippen LogP contribution in [0.2, 0.25) is 0 Å². The van der Waals surface area contributed by atoms with Gasteiger partial charge < -0.3 is 9.73 Å². The normalized spacial score (nSPS) is 14.5. The lowest BCUT2D eigenvalue weighted by atomic mass is 9.97. The van der Waals surface area contributed by atoms with Gasteiger partial charge in [-0.1, -0.05) is 11.6 Å². The van der Waals surface area contributed by atoms with Gasteiger partial charge in [-0.15, -0.1) is 10.2 Å². The summed E-state index contributed by atoms with van der Waals surface area (Å²) in [5, 5.41) is 14.9. The number of carbonyl (C=O) groups excluding carboxylic acids is 1. The van der Waals surface area contributed by atoms with Crippen LogP contribution in [0.15, 0.2) is 32.9 Å². The number of hydrogen-bond acceptors (Lipinski definition) is 5. The summed E-state index contributed by atoms with van der Waals surface area (Å²) >= 11 is 1.59. The van der Waals surface area contributed by atoms with Crippen LogP contribution in [-0.2, 0) is 11.2 Å². The Labute approximate surface area is 139 Å². The number of thiophene rings is 1. The van der Waals surface area contributed by atoms with E-state index in [9.17, 15) is 4.79 Å². The van der Waals surface area contributed by atoms with E-state index in [-0.39, 0.29) is 5.91 Å². The van der Waals surface area contributed by atoms with Crippen molar-refractivity contribution in [3.63, 3.8) is 0 Å². The fraction of sp³-hybridized carbons (Fsp3) is 0.471. The van der Waals surface area contributed by atoms with Crippen molar-refractivity contribution in [3.05, 3.63) is 34.4 Å². The minimum absolute atomic E-state index is 0.0386. The number of carbonyl (C=O) groups is 1. The molecular formula is C17H21N3O2S. The molecule has 0 spiro atoms. The molecule has 0 bridgehead atoms. The van der Waals surface area contributed by atoms with Crippen molar-refractivity contribution in [2.75, 3.05) is 6.54 Å². The standard InChI is InChI=1S/C17H21N3O2S/c21-15(18-10-8-13-4-2-1-3-5-13)6-7-16-19-20-17(22-16)14-9-11-23-12-14/h4,9,11-12H,1-3,5-8,10H2,(H,18,21). The molecule has 1 aliphatic rings. The van der Waals surface area contributed by atoms with Gasteiger partial charge in [0.2, 0.25) is 17.7 Å². The first-order valence-corrected chi connectivity index (χ1v) is 9.05. The monoisotopic (exact) mass is 331 g/mol. The third-order valence-electron chi connectivity index (χ3n) is 3.95. The van der Waals surface area contributed by atoms with Crippen molar-refractivity contribution < 1.29 is 9.21 Å². The van der Waals surface area contributed by atoms with Gasteiger partial charge in [0.15, 0.2) is 0 Å². The van der Waals surface area contributed by atoms with E-state index in [4.69, 9.17) is 4.42 Å². The molecule has 0 atom stereocenters. The summed E-state index contributed by atoms with van der Waals surface area (Å²) in [6.45, 7) is 0.717. The molecule has 0 saturated heterocycles. The maximum atomic E-state index is 11.9. The van der Waals surface area contributed by atoms with Crippen LogP contribution in [0.1, 0.15) is 44.4 Å². The fourth-order valence-electron chi connectivity index (χ4n) is 2.66. The van der Waals surface area contributed by atoms with Crippen LogP contribution in [0.25, 0.3) is 11.5 Å². The summed E-state index contributed by atoms with van der Waals surface area (Å²) in [6, 6.07) is 1.94. The first kappa shape index (κ1) is 15.9. The highest BCUT2D eigenvalue weighted by Gasteiger charge is 2.11. The molecule has 2 aromatic heterocycles. The third-order valence-corrected chi connectivity index (χ3v) is 4.64. The molecule has 122 valence electrons. The van der Waals surface area contributed by atoms with Gasteiger partial charge in [-0.2, -0.15) is 11.3 Å². The first-order valence-electron chi connectivity index (χ1n) is 8.11. The van der Waals surface area contributed by atoms with Crippen molar-refractivity contribution in [1.29, 1.82) is 0 Å². The van der Waals surface area contributed by atoms with Crippen molar-refractivity contribution in [3.8, 4) is 11.5 Å². The summed E-state index contributed by atoms with van der Waals surface area (Å²) in [6.07, 6.45) is 9.09. The van der Waals surface area contributed by atoms with E-state index in [1.807, 2.05) is 16.8 Å². The fourth-order valence-corrected chi connectivity index (χ4v) is 3.29. The number of allylic oxidation sites excluding steroid dienone is 1. The van der Waals surface area contributed by atoms with Crippen LogP contribution in [0.3, 0.4) is 0 Å². The van der Waals surface area contributed by atoms with Crippen molar-refractivity contribution in [2.24, 2.45) is 0 Å². The molecule has 0 radical (unpaired) electrons. The molecule has 1 amide bonds. The van der Waals surface area contributed by atoms with E-state index in [0.717, 1.165) is 12.0 Å². The van der Waals surface area contributed by atoms with Crippen molar-refractivity contribution >= 4 is 17.2 Å². The molecule has 0 fully saturated rings. The molecule has 3 rings (SSSR count). The third kappa shape index (κ3) is 4.76. The van der Waals surface area contributed by atoms with Gasteiger partial charge in [0.05, 0.1) is 0 Å². The Hall–Kier alpha value is -1.95. The lowest BCUT2D eigenvalue weighted by molar-refractivity contribution is -0.121. The quantitative estimate of drug-likeness (QED) is 0.785. The lowest BCUT2D eigenvalue weighted by Gasteiger charge is -2.12. The lowest BCUT2D eigenvalue weighted by Crippen LogP contribution is -2.25. The predicted octanol–water partition coefficient (Wildman–Crippen LogP) is 3.74. The van der Waals surface area contributed by atoms with Gasteiger partial charge in [-0.3, -0.25) is 4.79 Å². The van der Waals surface area contributed by atoms with Crippen LogP contribution in [0.4, 0.5) is 0 Å². The molecule has 0 aliphatic heterocycles. The Bertz CT molecular complexity index is 661. The largest absolute Gasteiger partial charge is 0.421 e. The summed E-state index contributed by atoms with van der Waals surface area (Å²) < 4.78 is 5.57. The Morgan fingerprint density at radius 1 is 1.30 bits per heavy atom. The highest BCUT2D eigenvalue weighted by Crippen LogP contribution is 2.21. The number of nitrogens with zero attached hydrogens (tertiary/aromatic N) is 2. The number of hydrogen-bond donors (Lipinski definition) is 1. The zero-order chi connectivity index (χ0) is 15.9. The van der Waals surface area contributed by atoms with E-state index in [2.05, 4.69) is 21.6 Å². The summed E-state index contributed by atoms with van der Waals surface area (Å²) in [5.74, 6) is 1.07. The maximum absolute atomic E-state index is 11.9. The zero-order valence-electron chi connectivity index (χ0n) is 13.1. The maximum Gasteiger partial charge on any atom is 0.248 e. The average Bonchev–Trinajstić information content (AvgIpc) is 3.25. The van der Waals surface area contributed by atoms with Crippen molar-refractivity contribution in [2.45, 2.75) is 44.9 Å².